The van der Waals surface area contributed by atoms with Crippen molar-refractivity contribution in [3.8, 4) is 5.75 Å². The van der Waals surface area contributed by atoms with Gasteiger partial charge in [-0.25, -0.2) is 0 Å². The molecule has 2 rings (SSSR count). The molecule has 1 aliphatic rings. The lowest BCUT2D eigenvalue weighted by Gasteiger charge is -2.15. The fraction of sp³-hybridized carbons (Fsp3) is 0.471. The summed E-state index contributed by atoms with van der Waals surface area (Å²) in [6.45, 7) is 2.24. The average molecular weight is 336 g/mol. The highest BCUT2D eigenvalue weighted by molar-refractivity contribution is 9.10. The molecule has 1 aromatic rings. The second-order valence-electron chi connectivity index (χ2n) is 5.17. The van der Waals surface area contributed by atoms with E-state index in [2.05, 4.69) is 46.1 Å². The first-order valence-electron chi connectivity index (χ1n) is 7.29. The third-order valence-electron chi connectivity index (χ3n) is 3.71. The monoisotopic (exact) mass is 335 g/mol. The average Bonchev–Trinajstić information content (AvgIpc) is 2.88. The summed E-state index contributed by atoms with van der Waals surface area (Å²) in [5.74, 6) is 0.939. The van der Waals surface area contributed by atoms with Crippen LogP contribution in [0.4, 0.5) is 0 Å². The number of ether oxygens (including phenoxy) is 1. The van der Waals surface area contributed by atoms with Gasteiger partial charge in [0.05, 0.1) is 13.2 Å². The van der Waals surface area contributed by atoms with Crippen molar-refractivity contribution in [2.75, 3.05) is 7.11 Å². The minimum atomic E-state index is 0.293. The highest BCUT2D eigenvalue weighted by Crippen LogP contribution is 2.28. The van der Waals surface area contributed by atoms with Gasteiger partial charge in [0.25, 0.3) is 0 Å². The van der Waals surface area contributed by atoms with E-state index in [0.717, 1.165) is 23.1 Å². The lowest BCUT2D eigenvalue weighted by molar-refractivity contribution is 0.408. The van der Waals surface area contributed by atoms with E-state index in [9.17, 15) is 0 Å². The Morgan fingerprint density at radius 2 is 2.15 bits per heavy atom. The summed E-state index contributed by atoms with van der Waals surface area (Å²) in [7, 11) is 1.72. The quantitative estimate of drug-likeness (QED) is 0.645. The Kier molecular flexibility index (Phi) is 5.84. The standard InChI is InChI=1S/C17H22BrNO/c1-3-4-5-6-13-9-10-19-16(13)11-14-7-8-15(18)12-17(14)20-2/h7-10,12,16H,3-6,11H2,1-2H3. The van der Waals surface area contributed by atoms with E-state index in [1.807, 2.05) is 12.3 Å². The zero-order valence-electron chi connectivity index (χ0n) is 12.2. The summed E-state index contributed by atoms with van der Waals surface area (Å²) < 4.78 is 6.52. The van der Waals surface area contributed by atoms with Gasteiger partial charge in [-0.2, -0.15) is 0 Å². The number of nitrogens with zero attached hydrogens (tertiary/aromatic N) is 1. The van der Waals surface area contributed by atoms with E-state index in [1.165, 1.54) is 30.4 Å². The molecule has 0 aromatic heterocycles. The number of allylic oxidation sites excluding steroid dienone is 1. The van der Waals surface area contributed by atoms with Crippen LogP contribution in [0.1, 0.15) is 38.2 Å². The van der Waals surface area contributed by atoms with Crippen molar-refractivity contribution in [3.05, 3.63) is 39.9 Å². The Bertz CT molecular complexity index is 508. The lowest BCUT2D eigenvalue weighted by atomic mass is 9.96. The largest absolute Gasteiger partial charge is 0.496 e. The van der Waals surface area contributed by atoms with Crippen LogP contribution >= 0.6 is 15.9 Å². The Hall–Kier alpha value is -1.09. The normalized spacial score (nSPS) is 17.4. The van der Waals surface area contributed by atoms with Crippen LogP contribution in [0.5, 0.6) is 5.75 Å². The molecule has 0 fully saturated rings. The van der Waals surface area contributed by atoms with Crippen molar-refractivity contribution in [1.82, 2.24) is 0 Å². The van der Waals surface area contributed by atoms with Gasteiger partial charge >= 0.3 is 0 Å². The molecule has 0 N–H and O–H groups in total. The first kappa shape index (κ1) is 15.3. The molecule has 3 heteroatoms. The van der Waals surface area contributed by atoms with Crippen LogP contribution < -0.4 is 4.74 Å². The van der Waals surface area contributed by atoms with Crippen molar-refractivity contribution in [2.45, 2.75) is 45.1 Å². The van der Waals surface area contributed by atoms with Gasteiger partial charge in [0.2, 0.25) is 0 Å². The van der Waals surface area contributed by atoms with Crippen LogP contribution in [-0.4, -0.2) is 19.4 Å². The molecule has 0 spiro atoms. The predicted octanol–water partition coefficient (Wildman–Crippen LogP) is 4.96. The minimum absolute atomic E-state index is 0.293. The van der Waals surface area contributed by atoms with Gasteiger partial charge in [0.15, 0.2) is 0 Å². The molecule has 1 unspecified atom stereocenters. The third-order valence-corrected chi connectivity index (χ3v) is 4.21. The van der Waals surface area contributed by atoms with Crippen LogP contribution in [0.25, 0.3) is 0 Å². The molecule has 0 aliphatic carbocycles. The highest BCUT2D eigenvalue weighted by Gasteiger charge is 2.18. The van der Waals surface area contributed by atoms with Gasteiger partial charge in [-0.05, 0) is 42.2 Å². The Morgan fingerprint density at radius 1 is 1.30 bits per heavy atom. The van der Waals surface area contributed by atoms with Crippen molar-refractivity contribution >= 4 is 22.1 Å². The van der Waals surface area contributed by atoms with Gasteiger partial charge < -0.3 is 4.74 Å². The SMILES string of the molecule is CCCCCC1=CC=NC1Cc1ccc(Br)cc1OC. The lowest BCUT2D eigenvalue weighted by Crippen LogP contribution is -2.10. The van der Waals surface area contributed by atoms with Gasteiger partial charge in [0, 0.05) is 17.1 Å². The summed E-state index contributed by atoms with van der Waals surface area (Å²) in [6, 6.07) is 6.51. The smallest absolute Gasteiger partial charge is 0.123 e. The molecule has 20 heavy (non-hydrogen) atoms. The van der Waals surface area contributed by atoms with E-state index in [4.69, 9.17) is 4.74 Å². The first-order valence-corrected chi connectivity index (χ1v) is 8.08. The molecular weight excluding hydrogens is 314 g/mol. The zero-order valence-corrected chi connectivity index (χ0v) is 13.8. The minimum Gasteiger partial charge on any atom is -0.496 e. The second-order valence-corrected chi connectivity index (χ2v) is 6.09. The summed E-state index contributed by atoms with van der Waals surface area (Å²) >= 11 is 3.48. The fourth-order valence-corrected chi connectivity index (χ4v) is 2.90. The van der Waals surface area contributed by atoms with Crippen molar-refractivity contribution < 1.29 is 4.74 Å². The van der Waals surface area contributed by atoms with Crippen LogP contribution in [0, 0.1) is 0 Å². The number of rotatable bonds is 7. The number of benzene rings is 1. The molecule has 1 aromatic carbocycles. The highest BCUT2D eigenvalue weighted by atomic mass is 79.9. The summed E-state index contributed by atoms with van der Waals surface area (Å²) in [5.41, 5.74) is 2.68. The maximum atomic E-state index is 5.47. The van der Waals surface area contributed by atoms with E-state index in [0.29, 0.717) is 6.04 Å². The maximum absolute atomic E-state index is 5.47. The molecule has 1 aliphatic heterocycles. The molecule has 0 saturated heterocycles. The molecule has 108 valence electrons. The van der Waals surface area contributed by atoms with Gasteiger partial charge in [0.1, 0.15) is 5.75 Å². The fourth-order valence-electron chi connectivity index (χ4n) is 2.56. The van der Waals surface area contributed by atoms with E-state index >= 15 is 0 Å². The second kappa shape index (κ2) is 7.63. The Balaban J connectivity index is 2.02. The maximum Gasteiger partial charge on any atom is 0.123 e. The molecule has 1 atom stereocenters. The number of aliphatic imine (C=N–C) groups is 1. The number of halogens is 1. The molecule has 1 heterocycles. The summed E-state index contributed by atoms with van der Waals surface area (Å²) in [5, 5.41) is 0. The van der Waals surface area contributed by atoms with Crippen LogP contribution in [0.2, 0.25) is 0 Å². The van der Waals surface area contributed by atoms with Crippen LogP contribution in [-0.2, 0) is 6.42 Å². The van der Waals surface area contributed by atoms with Crippen LogP contribution in [0.3, 0.4) is 0 Å². The van der Waals surface area contributed by atoms with Gasteiger partial charge in [-0.1, -0.05) is 41.8 Å². The van der Waals surface area contributed by atoms with Crippen molar-refractivity contribution in [1.29, 1.82) is 0 Å². The Labute approximate surface area is 130 Å². The predicted molar refractivity (Wildman–Crippen MR) is 88.9 cm³/mol. The zero-order chi connectivity index (χ0) is 14.4. The van der Waals surface area contributed by atoms with Crippen molar-refractivity contribution in [3.63, 3.8) is 0 Å². The number of hydrogen-bond acceptors (Lipinski definition) is 2. The molecule has 0 radical (unpaired) electrons. The molecular formula is C17H22BrNO. The first-order chi connectivity index (χ1) is 9.74. The molecule has 0 amide bonds. The summed E-state index contributed by atoms with van der Waals surface area (Å²) in [4.78, 5) is 4.60. The number of hydrogen-bond donors (Lipinski definition) is 0. The number of methoxy groups -OCH3 is 1. The van der Waals surface area contributed by atoms with Gasteiger partial charge in [-0.15, -0.1) is 0 Å². The number of unbranched alkanes of at least 4 members (excludes halogenated alkanes) is 2. The van der Waals surface area contributed by atoms with E-state index < -0.39 is 0 Å². The van der Waals surface area contributed by atoms with Crippen LogP contribution in [0.15, 0.2) is 39.3 Å². The van der Waals surface area contributed by atoms with E-state index in [1.54, 1.807) is 7.11 Å². The molecule has 0 bridgehead atoms. The Morgan fingerprint density at radius 3 is 2.90 bits per heavy atom. The molecule has 0 saturated carbocycles. The van der Waals surface area contributed by atoms with E-state index in [-0.39, 0.29) is 0 Å². The van der Waals surface area contributed by atoms with Gasteiger partial charge in [-0.3, -0.25) is 4.99 Å². The summed E-state index contributed by atoms with van der Waals surface area (Å²) in [6.07, 6.45) is 10.1. The van der Waals surface area contributed by atoms with Crippen molar-refractivity contribution in [2.24, 2.45) is 4.99 Å². The molecule has 2 nitrogen and oxygen atoms in total. The topological polar surface area (TPSA) is 21.6 Å². The third kappa shape index (κ3) is 3.95.